The summed E-state index contributed by atoms with van der Waals surface area (Å²) >= 11 is 0. The Bertz CT molecular complexity index is 1320. The van der Waals surface area contributed by atoms with E-state index in [0.717, 1.165) is 37.1 Å². The third kappa shape index (κ3) is 3.22. The second-order valence-corrected chi connectivity index (χ2v) is 8.17. The van der Waals surface area contributed by atoms with Gasteiger partial charge in [-0.1, -0.05) is 30.3 Å². The molecule has 2 N–H and O–H groups in total. The molecule has 1 unspecified atom stereocenters. The first-order valence-electron chi connectivity index (χ1n) is 10.7. The van der Waals surface area contributed by atoms with Gasteiger partial charge in [-0.2, -0.15) is 5.16 Å². The van der Waals surface area contributed by atoms with Crippen molar-refractivity contribution in [2.75, 3.05) is 11.9 Å². The van der Waals surface area contributed by atoms with E-state index in [0.29, 0.717) is 5.76 Å². The van der Waals surface area contributed by atoms with Crippen LogP contribution in [-0.4, -0.2) is 11.7 Å². The van der Waals surface area contributed by atoms with Gasteiger partial charge in [0.05, 0.1) is 6.07 Å². The first-order chi connectivity index (χ1) is 15.2. The van der Waals surface area contributed by atoms with Gasteiger partial charge in [0.2, 0.25) is 0 Å². The molecule has 0 amide bonds. The predicted molar refractivity (Wildman–Crippen MR) is 121 cm³/mol. The van der Waals surface area contributed by atoms with Gasteiger partial charge in [-0.3, -0.25) is 4.79 Å². The Morgan fingerprint density at radius 1 is 0.935 bits per heavy atom. The zero-order valence-corrected chi connectivity index (χ0v) is 17.0. The second-order valence-electron chi connectivity index (χ2n) is 8.17. The van der Waals surface area contributed by atoms with Gasteiger partial charge in [-0.05, 0) is 77.4 Å². The quantitative estimate of drug-likeness (QED) is 0.477. The molecular formula is C26H22N2O3. The van der Waals surface area contributed by atoms with Gasteiger partial charge < -0.3 is 14.6 Å². The molecule has 1 atom stereocenters. The van der Waals surface area contributed by atoms with Gasteiger partial charge >= 0.3 is 0 Å². The molecule has 3 aromatic carbocycles. The third-order valence-corrected chi connectivity index (χ3v) is 6.29. The molecule has 0 saturated carbocycles. The van der Waals surface area contributed by atoms with E-state index in [4.69, 9.17) is 9.26 Å². The fourth-order valence-corrected chi connectivity index (χ4v) is 4.76. The van der Waals surface area contributed by atoms with Crippen LogP contribution in [0.25, 0.3) is 22.5 Å². The van der Waals surface area contributed by atoms with Crippen LogP contribution in [-0.2, 0) is 12.8 Å². The van der Waals surface area contributed by atoms with Crippen molar-refractivity contribution in [2.45, 2.75) is 25.4 Å². The van der Waals surface area contributed by atoms with Crippen molar-refractivity contribution in [1.29, 1.82) is 0 Å². The van der Waals surface area contributed by atoms with Crippen LogP contribution in [0.3, 0.4) is 0 Å². The van der Waals surface area contributed by atoms with Crippen LogP contribution in [0.2, 0.25) is 0 Å². The van der Waals surface area contributed by atoms with Crippen molar-refractivity contribution in [3.63, 3.8) is 0 Å². The molecule has 0 saturated heterocycles. The van der Waals surface area contributed by atoms with Crippen LogP contribution in [0.4, 0.5) is 5.69 Å². The van der Waals surface area contributed by atoms with Crippen molar-refractivity contribution >= 4 is 5.69 Å². The lowest BCUT2D eigenvalue weighted by atomic mass is 9.95. The lowest BCUT2D eigenvalue weighted by Crippen LogP contribution is -2.03. The average Bonchev–Trinajstić information content (AvgIpc) is 3.54. The molecule has 4 aromatic rings. The number of aromatic nitrogens is 1. The molecule has 2 aliphatic rings. The lowest BCUT2D eigenvalue weighted by molar-refractivity contribution is 0.207. The van der Waals surface area contributed by atoms with E-state index < -0.39 is 0 Å². The highest BCUT2D eigenvalue weighted by Gasteiger charge is 2.27. The lowest BCUT2D eigenvalue weighted by Gasteiger charge is -2.16. The number of fused-ring (bicyclic) bond motifs is 2. The largest absolute Gasteiger partial charge is 0.486 e. The minimum atomic E-state index is -0.243. The van der Waals surface area contributed by atoms with Gasteiger partial charge in [0, 0.05) is 17.8 Å². The predicted octanol–water partition coefficient (Wildman–Crippen LogP) is 5.34. The van der Waals surface area contributed by atoms with Crippen LogP contribution in [0, 0.1) is 0 Å². The Balaban J connectivity index is 1.26. The summed E-state index contributed by atoms with van der Waals surface area (Å²) in [5, 5.41) is 5.80. The molecular weight excluding hydrogens is 388 g/mol. The summed E-state index contributed by atoms with van der Waals surface area (Å²) < 4.78 is 11.5. The number of benzene rings is 3. The maximum atomic E-state index is 11.3. The number of H-pyrrole nitrogens is 1. The topological polar surface area (TPSA) is 67.3 Å². The van der Waals surface area contributed by atoms with Gasteiger partial charge in [-0.25, -0.2) is 0 Å². The van der Waals surface area contributed by atoms with Crippen molar-refractivity contribution in [3.8, 4) is 28.2 Å². The number of aromatic amines is 1. The molecule has 154 valence electrons. The Morgan fingerprint density at radius 3 is 2.65 bits per heavy atom. The molecule has 1 aromatic heterocycles. The number of nitrogens with one attached hydrogen (secondary N) is 2. The standard InChI is InChI=1S/C26H22N2O3/c29-26-15-25(31-28-26)17-6-8-19(9-7-17)30-24-11-10-21-20(2-1-3-22(21)24)18-5-4-16-12-13-27-23(16)14-18/h1-9,14-15,24,27H,10-13H2,(H,28,29). The number of hydrogen-bond donors (Lipinski definition) is 2. The maximum Gasteiger partial charge on any atom is 0.280 e. The van der Waals surface area contributed by atoms with Crippen molar-refractivity contribution in [3.05, 3.63) is 93.8 Å². The summed E-state index contributed by atoms with van der Waals surface area (Å²) in [5.74, 6) is 1.34. The summed E-state index contributed by atoms with van der Waals surface area (Å²) in [6.07, 6.45) is 3.11. The maximum absolute atomic E-state index is 11.3. The first-order valence-corrected chi connectivity index (χ1v) is 10.7. The molecule has 5 nitrogen and oxygen atoms in total. The fraction of sp³-hybridized carbons (Fsp3) is 0.192. The van der Waals surface area contributed by atoms with Crippen LogP contribution in [0.1, 0.15) is 29.2 Å². The van der Waals surface area contributed by atoms with Crippen molar-refractivity contribution in [1.82, 2.24) is 5.16 Å². The summed E-state index contributed by atoms with van der Waals surface area (Å²) in [7, 11) is 0. The highest BCUT2D eigenvalue weighted by Crippen LogP contribution is 2.41. The van der Waals surface area contributed by atoms with Crippen LogP contribution >= 0.6 is 0 Å². The van der Waals surface area contributed by atoms with Crippen LogP contribution in [0.15, 0.2) is 76.0 Å². The Morgan fingerprint density at radius 2 is 1.81 bits per heavy atom. The zero-order chi connectivity index (χ0) is 20.8. The van der Waals surface area contributed by atoms with E-state index >= 15 is 0 Å². The van der Waals surface area contributed by atoms with E-state index in [1.165, 1.54) is 39.6 Å². The van der Waals surface area contributed by atoms with Crippen LogP contribution < -0.4 is 15.6 Å². The Kier molecular flexibility index (Phi) is 4.20. The number of hydrogen-bond acceptors (Lipinski definition) is 4. The van der Waals surface area contributed by atoms with E-state index in [-0.39, 0.29) is 11.7 Å². The monoisotopic (exact) mass is 410 g/mol. The molecule has 0 bridgehead atoms. The molecule has 5 heteroatoms. The van der Waals surface area contributed by atoms with Gasteiger partial charge in [0.1, 0.15) is 11.9 Å². The SMILES string of the molecule is O=c1cc(-c2ccc(OC3CCc4c(-c5ccc6c(c5)NCC6)cccc43)cc2)o[nH]1. The second kappa shape index (κ2) is 7.20. The Hall–Kier alpha value is -3.73. The summed E-state index contributed by atoms with van der Waals surface area (Å²) in [4.78, 5) is 11.3. The highest BCUT2D eigenvalue weighted by atomic mass is 16.5. The smallest absolute Gasteiger partial charge is 0.280 e. The van der Waals surface area contributed by atoms with Gasteiger partial charge in [0.25, 0.3) is 5.56 Å². The molecule has 6 rings (SSSR count). The third-order valence-electron chi connectivity index (χ3n) is 6.29. The van der Waals surface area contributed by atoms with Crippen molar-refractivity contribution < 1.29 is 9.26 Å². The first kappa shape index (κ1) is 18.1. The van der Waals surface area contributed by atoms with E-state index in [1.807, 2.05) is 24.3 Å². The fourth-order valence-electron chi connectivity index (χ4n) is 4.76. The molecule has 0 radical (unpaired) electrons. The summed E-state index contributed by atoms with van der Waals surface area (Å²) in [6.45, 7) is 1.02. The molecule has 31 heavy (non-hydrogen) atoms. The molecule has 0 fully saturated rings. The van der Waals surface area contributed by atoms with Gasteiger partial charge in [-0.15, -0.1) is 0 Å². The van der Waals surface area contributed by atoms with E-state index in [2.05, 4.69) is 46.9 Å². The summed E-state index contributed by atoms with van der Waals surface area (Å²) in [5.41, 5.74) is 8.49. The molecule has 2 heterocycles. The minimum Gasteiger partial charge on any atom is -0.486 e. The van der Waals surface area contributed by atoms with Gasteiger partial charge in [0.15, 0.2) is 5.76 Å². The molecule has 0 spiro atoms. The number of anilines is 1. The zero-order valence-electron chi connectivity index (χ0n) is 17.0. The minimum absolute atomic E-state index is 0.0403. The van der Waals surface area contributed by atoms with Crippen LogP contribution in [0.5, 0.6) is 5.75 Å². The summed E-state index contributed by atoms with van der Waals surface area (Å²) in [6, 6.07) is 22.4. The number of ether oxygens (including phenoxy) is 1. The molecule has 1 aliphatic carbocycles. The molecule has 1 aliphatic heterocycles. The van der Waals surface area contributed by atoms with E-state index in [9.17, 15) is 4.79 Å². The highest BCUT2D eigenvalue weighted by molar-refractivity contribution is 5.75. The van der Waals surface area contributed by atoms with Crippen molar-refractivity contribution in [2.24, 2.45) is 0 Å². The average molecular weight is 410 g/mol. The number of rotatable bonds is 4. The van der Waals surface area contributed by atoms with E-state index in [1.54, 1.807) is 0 Å². The normalized spacial score (nSPS) is 16.6. The Labute approximate surface area is 179 Å².